The van der Waals surface area contributed by atoms with Crippen LogP contribution in [0.1, 0.15) is 16.8 Å². The van der Waals surface area contributed by atoms with Crippen molar-refractivity contribution in [1.82, 2.24) is 4.98 Å². The highest BCUT2D eigenvalue weighted by molar-refractivity contribution is 5.54. The summed E-state index contributed by atoms with van der Waals surface area (Å²) >= 11 is 0. The molecule has 0 aliphatic carbocycles. The zero-order valence-electron chi connectivity index (χ0n) is 11.1. The Labute approximate surface area is 108 Å². The van der Waals surface area contributed by atoms with E-state index < -0.39 is 0 Å². The summed E-state index contributed by atoms with van der Waals surface area (Å²) in [5.74, 6) is 0.571. The third-order valence-corrected chi connectivity index (χ3v) is 2.99. The molecule has 2 N–H and O–H groups in total. The van der Waals surface area contributed by atoms with Crippen LogP contribution in [0.15, 0.2) is 36.4 Å². The second-order valence-electron chi connectivity index (χ2n) is 4.70. The second kappa shape index (κ2) is 5.08. The molecule has 3 nitrogen and oxygen atoms in total. The van der Waals surface area contributed by atoms with Crippen LogP contribution in [0.2, 0.25) is 0 Å². The zero-order valence-corrected chi connectivity index (χ0v) is 11.1. The monoisotopic (exact) mass is 241 g/mol. The van der Waals surface area contributed by atoms with Crippen molar-refractivity contribution in [2.24, 2.45) is 0 Å². The lowest BCUT2D eigenvalue weighted by molar-refractivity contribution is 0.883. The van der Waals surface area contributed by atoms with Gasteiger partial charge in [-0.05, 0) is 37.6 Å². The van der Waals surface area contributed by atoms with Crippen LogP contribution in [0.5, 0.6) is 0 Å². The minimum absolute atomic E-state index is 0.571. The average Bonchev–Trinajstić information content (AvgIpc) is 2.28. The Morgan fingerprint density at radius 3 is 2.61 bits per heavy atom. The van der Waals surface area contributed by atoms with Gasteiger partial charge < -0.3 is 10.6 Å². The molecule has 2 aromatic rings. The summed E-state index contributed by atoms with van der Waals surface area (Å²) in [6.07, 6.45) is 0. The molecular weight excluding hydrogens is 222 g/mol. The number of nitrogen functional groups attached to an aromatic ring is 1. The number of hydrogen-bond donors (Lipinski definition) is 1. The van der Waals surface area contributed by atoms with Crippen LogP contribution in [-0.4, -0.2) is 12.0 Å². The number of anilines is 2. The summed E-state index contributed by atoms with van der Waals surface area (Å²) in [6, 6.07) is 12.2. The molecule has 94 valence electrons. The van der Waals surface area contributed by atoms with Gasteiger partial charge in [0.15, 0.2) is 0 Å². The van der Waals surface area contributed by atoms with Crippen molar-refractivity contribution in [2.45, 2.75) is 20.4 Å². The van der Waals surface area contributed by atoms with E-state index in [-0.39, 0.29) is 0 Å². The van der Waals surface area contributed by atoms with Gasteiger partial charge in [-0.25, -0.2) is 4.98 Å². The van der Waals surface area contributed by atoms with Crippen LogP contribution < -0.4 is 10.6 Å². The van der Waals surface area contributed by atoms with E-state index in [2.05, 4.69) is 49.0 Å². The maximum absolute atomic E-state index is 5.69. The molecule has 0 aliphatic heterocycles. The number of benzene rings is 1. The van der Waals surface area contributed by atoms with Gasteiger partial charge in [-0.3, -0.25) is 0 Å². The summed E-state index contributed by atoms with van der Waals surface area (Å²) in [4.78, 5) is 6.51. The lowest BCUT2D eigenvalue weighted by atomic mass is 10.1. The molecule has 0 spiro atoms. The molecule has 3 heteroatoms. The predicted molar refractivity (Wildman–Crippen MR) is 76.7 cm³/mol. The van der Waals surface area contributed by atoms with Gasteiger partial charge in [0.05, 0.1) is 12.2 Å². The van der Waals surface area contributed by atoms with Crippen molar-refractivity contribution < 1.29 is 0 Å². The molecule has 0 aliphatic rings. The third-order valence-electron chi connectivity index (χ3n) is 2.99. The van der Waals surface area contributed by atoms with Crippen LogP contribution in [0, 0.1) is 13.8 Å². The van der Waals surface area contributed by atoms with Gasteiger partial charge in [-0.15, -0.1) is 0 Å². The van der Waals surface area contributed by atoms with Crippen LogP contribution >= 0.6 is 0 Å². The number of hydrogen-bond acceptors (Lipinski definition) is 3. The molecule has 0 atom stereocenters. The molecule has 1 heterocycles. The smallest absolute Gasteiger partial charge is 0.123 e. The number of nitrogens with two attached hydrogens (primary N) is 1. The minimum atomic E-state index is 0.571. The highest BCUT2D eigenvalue weighted by atomic mass is 15.1. The minimum Gasteiger partial charge on any atom is -0.384 e. The lowest BCUT2D eigenvalue weighted by Crippen LogP contribution is -2.18. The molecule has 1 aromatic heterocycles. The summed E-state index contributed by atoms with van der Waals surface area (Å²) in [7, 11) is 2.07. The van der Waals surface area contributed by atoms with Crippen molar-refractivity contribution in [2.75, 3.05) is 17.7 Å². The van der Waals surface area contributed by atoms with Gasteiger partial charge in [0.1, 0.15) is 5.82 Å². The van der Waals surface area contributed by atoms with Crippen LogP contribution in [0.25, 0.3) is 0 Å². The SMILES string of the molecule is Cc1ccc(N(C)Cc2cccc(N)n2)c(C)c1. The Morgan fingerprint density at radius 1 is 1.17 bits per heavy atom. The van der Waals surface area contributed by atoms with E-state index in [0.29, 0.717) is 5.82 Å². The number of pyridine rings is 1. The van der Waals surface area contributed by atoms with Crippen LogP contribution in [-0.2, 0) is 6.54 Å². The van der Waals surface area contributed by atoms with E-state index in [9.17, 15) is 0 Å². The van der Waals surface area contributed by atoms with Gasteiger partial charge >= 0.3 is 0 Å². The first-order valence-electron chi connectivity index (χ1n) is 6.06. The summed E-state index contributed by atoms with van der Waals surface area (Å²) in [6.45, 7) is 5.00. The van der Waals surface area contributed by atoms with E-state index in [1.165, 1.54) is 16.8 Å². The molecule has 0 amide bonds. The maximum atomic E-state index is 5.69. The van der Waals surface area contributed by atoms with E-state index in [1.54, 1.807) is 6.07 Å². The van der Waals surface area contributed by atoms with Crippen molar-refractivity contribution in [3.8, 4) is 0 Å². The number of aryl methyl sites for hydroxylation is 2. The van der Waals surface area contributed by atoms with Gasteiger partial charge in [0.2, 0.25) is 0 Å². The standard InChI is InChI=1S/C15H19N3/c1-11-7-8-14(12(2)9-11)18(3)10-13-5-4-6-15(16)17-13/h4-9H,10H2,1-3H3,(H2,16,17). The Hall–Kier alpha value is -2.03. The lowest BCUT2D eigenvalue weighted by Gasteiger charge is -2.21. The molecule has 1 aromatic carbocycles. The number of aromatic nitrogens is 1. The van der Waals surface area contributed by atoms with E-state index in [0.717, 1.165) is 12.2 Å². The van der Waals surface area contributed by atoms with Crippen molar-refractivity contribution in [3.63, 3.8) is 0 Å². The average molecular weight is 241 g/mol. The highest BCUT2D eigenvalue weighted by Gasteiger charge is 2.06. The Kier molecular flexibility index (Phi) is 3.51. The first-order valence-corrected chi connectivity index (χ1v) is 6.06. The normalized spacial score (nSPS) is 10.4. The van der Waals surface area contributed by atoms with Gasteiger partial charge in [0, 0.05) is 12.7 Å². The quantitative estimate of drug-likeness (QED) is 0.898. The first-order chi connectivity index (χ1) is 8.56. The third kappa shape index (κ3) is 2.80. The molecule has 0 unspecified atom stereocenters. The Morgan fingerprint density at radius 2 is 1.94 bits per heavy atom. The van der Waals surface area contributed by atoms with Gasteiger partial charge in [-0.2, -0.15) is 0 Å². The number of rotatable bonds is 3. The van der Waals surface area contributed by atoms with Gasteiger partial charge in [-0.1, -0.05) is 23.8 Å². The zero-order chi connectivity index (χ0) is 13.1. The fourth-order valence-corrected chi connectivity index (χ4v) is 2.15. The molecule has 18 heavy (non-hydrogen) atoms. The largest absolute Gasteiger partial charge is 0.384 e. The molecule has 2 rings (SSSR count). The Bertz CT molecular complexity index is 549. The molecule has 0 fully saturated rings. The maximum Gasteiger partial charge on any atom is 0.123 e. The van der Waals surface area contributed by atoms with Crippen molar-refractivity contribution >= 4 is 11.5 Å². The van der Waals surface area contributed by atoms with Crippen LogP contribution in [0.3, 0.4) is 0 Å². The first kappa shape index (κ1) is 12.4. The summed E-state index contributed by atoms with van der Waals surface area (Å²) < 4.78 is 0. The van der Waals surface area contributed by atoms with Crippen molar-refractivity contribution in [3.05, 3.63) is 53.2 Å². The summed E-state index contributed by atoms with van der Waals surface area (Å²) in [5.41, 5.74) is 10.5. The fourth-order valence-electron chi connectivity index (χ4n) is 2.15. The van der Waals surface area contributed by atoms with E-state index in [4.69, 9.17) is 5.73 Å². The van der Waals surface area contributed by atoms with E-state index in [1.807, 2.05) is 12.1 Å². The summed E-state index contributed by atoms with van der Waals surface area (Å²) in [5, 5.41) is 0. The van der Waals surface area contributed by atoms with Gasteiger partial charge in [0.25, 0.3) is 0 Å². The van der Waals surface area contributed by atoms with Crippen molar-refractivity contribution in [1.29, 1.82) is 0 Å². The number of nitrogens with zero attached hydrogens (tertiary/aromatic N) is 2. The predicted octanol–water partition coefficient (Wildman–Crippen LogP) is 2.92. The second-order valence-corrected chi connectivity index (χ2v) is 4.70. The molecule has 0 saturated carbocycles. The molecular formula is C15H19N3. The fraction of sp³-hybridized carbons (Fsp3) is 0.267. The molecule has 0 bridgehead atoms. The highest BCUT2D eigenvalue weighted by Crippen LogP contribution is 2.21. The molecule has 0 saturated heterocycles. The molecule has 0 radical (unpaired) electrons. The topological polar surface area (TPSA) is 42.1 Å². The van der Waals surface area contributed by atoms with Crippen LogP contribution in [0.4, 0.5) is 11.5 Å². The Balaban J connectivity index is 2.19. The van der Waals surface area contributed by atoms with E-state index >= 15 is 0 Å².